The van der Waals surface area contributed by atoms with E-state index in [0.29, 0.717) is 6.54 Å². The van der Waals surface area contributed by atoms with Crippen LogP contribution in [0.1, 0.15) is 18.4 Å². The van der Waals surface area contributed by atoms with Crippen molar-refractivity contribution in [2.75, 3.05) is 59.6 Å². The lowest BCUT2D eigenvalue weighted by molar-refractivity contribution is -0.126. The zero-order valence-electron chi connectivity index (χ0n) is 15.8. The zero-order valence-corrected chi connectivity index (χ0v) is 15.8. The van der Waals surface area contributed by atoms with E-state index < -0.39 is 0 Å². The van der Waals surface area contributed by atoms with Gasteiger partial charge in [0.2, 0.25) is 5.91 Å². The molecule has 0 atom stereocenters. The summed E-state index contributed by atoms with van der Waals surface area (Å²) in [6, 6.07) is 7.84. The number of likely N-dealkylation sites (tertiary alicyclic amines) is 1. The van der Waals surface area contributed by atoms with Crippen LogP contribution in [-0.2, 0) is 16.1 Å². The number of benzene rings is 1. The molecule has 0 radical (unpaired) electrons. The molecule has 6 heteroatoms. The summed E-state index contributed by atoms with van der Waals surface area (Å²) < 4.78 is 10.5. The molecule has 1 amide bonds. The molecule has 144 valence electrons. The van der Waals surface area contributed by atoms with Gasteiger partial charge in [0.15, 0.2) is 0 Å². The molecule has 0 saturated carbocycles. The molecular formula is C20H31N3O3. The van der Waals surface area contributed by atoms with Gasteiger partial charge >= 0.3 is 0 Å². The molecule has 2 fully saturated rings. The molecule has 0 aliphatic carbocycles. The number of nitrogens with zero attached hydrogens (tertiary/aromatic N) is 2. The van der Waals surface area contributed by atoms with Gasteiger partial charge in [-0.25, -0.2) is 0 Å². The fourth-order valence-corrected chi connectivity index (χ4v) is 3.60. The van der Waals surface area contributed by atoms with E-state index in [2.05, 4.69) is 15.1 Å². The summed E-state index contributed by atoms with van der Waals surface area (Å²) in [6.07, 6.45) is 1.91. The minimum atomic E-state index is 0.146. The van der Waals surface area contributed by atoms with Crippen LogP contribution in [0, 0.1) is 5.92 Å². The van der Waals surface area contributed by atoms with Gasteiger partial charge in [0.1, 0.15) is 5.75 Å². The fraction of sp³-hybridized carbons (Fsp3) is 0.650. The third-order valence-corrected chi connectivity index (χ3v) is 5.42. The van der Waals surface area contributed by atoms with Crippen molar-refractivity contribution in [3.05, 3.63) is 29.8 Å². The normalized spacial score (nSPS) is 20.0. The summed E-state index contributed by atoms with van der Waals surface area (Å²) in [5, 5.41) is 3.08. The molecule has 26 heavy (non-hydrogen) atoms. The molecule has 0 bridgehead atoms. The number of hydrogen-bond acceptors (Lipinski definition) is 5. The van der Waals surface area contributed by atoms with E-state index in [1.54, 1.807) is 7.11 Å². The highest BCUT2D eigenvalue weighted by molar-refractivity contribution is 5.78. The van der Waals surface area contributed by atoms with Crippen LogP contribution in [0.15, 0.2) is 24.3 Å². The minimum absolute atomic E-state index is 0.146. The van der Waals surface area contributed by atoms with Crippen LogP contribution in [0.3, 0.4) is 0 Å². The van der Waals surface area contributed by atoms with Gasteiger partial charge in [0, 0.05) is 38.6 Å². The van der Waals surface area contributed by atoms with Crippen LogP contribution >= 0.6 is 0 Å². The van der Waals surface area contributed by atoms with E-state index in [1.807, 2.05) is 24.3 Å². The van der Waals surface area contributed by atoms with E-state index >= 15 is 0 Å². The van der Waals surface area contributed by atoms with Gasteiger partial charge in [0.05, 0.1) is 20.3 Å². The van der Waals surface area contributed by atoms with Crippen molar-refractivity contribution in [1.82, 2.24) is 15.1 Å². The maximum atomic E-state index is 12.4. The standard InChI is InChI=1S/C20H31N3O3/c1-25-19-4-2-17(3-5-19)16-21-20(24)18-6-8-22(9-7-18)10-11-23-12-14-26-15-13-23/h2-5,18H,6-16H2,1H3,(H,21,24). The summed E-state index contributed by atoms with van der Waals surface area (Å²) in [4.78, 5) is 17.4. The third-order valence-electron chi connectivity index (χ3n) is 5.42. The minimum Gasteiger partial charge on any atom is -0.497 e. The second-order valence-electron chi connectivity index (χ2n) is 7.14. The summed E-state index contributed by atoms with van der Waals surface area (Å²) >= 11 is 0. The lowest BCUT2D eigenvalue weighted by Crippen LogP contribution is -2.45. The second-order valence-corrected chi connectivity index (χ2v) is 7.14. The Labute approximate surface area is 156 Å². The van der Waals surface area contributed by atoms with E-state index in [4.69, 9.17) is 9.47 Å². The van der Waals surface area contributed by atoms with Gasteiger partial charge in [-0.3, -0.25) is 9.69 Å². The molecule has 2 aliphatic heterocycles. The molecular weight excluding hydrogens is 330 g/mol. The van der Waals surface area contributed by atoms with Crippen LogP contribution in [0.5, 0.6) is 5.75 Å². The quantitative estimate of drug-likeness (QED) is 0.795. The van der Waals surface area contributed by atoms with E-state index in [1.165, 1.54) is 0 Å². The summed E-state index contributed by atoms with van der Waals surface area (Å²) in [6.45, 7) is 8.63. The monoisotopic (exact) mass is 361 g/mol. The Morgan fingerprint density at radius 2 is 1.69 bits per heavy atom. The Kier molecular flexibility index (Phi) is 7.29. The molecule has 6 nitrogen and oxygen atoms in total. The smallest absolute Gasteiger partial charge is 0.223 e. The Hall–Kier alpha value is -1.63. The van der Waals surface area contributed by atoms with Crippen molar-refractivity contribution in [2.45, 2.75) is 19.4 Å². The summed E-state index contributed by atoms with van der Waals surface area (Å²) in [5.74, 6) is 1.17. The number of rotatable bonds is 7. The maximum Gasteiger partial charge on any atom is 0.223 e. The molecule has 0 aromatic heterocycles. The van der Waals surface area contributed by atoms with Crippen molar-refractivity contribution in [3.63, 3.8) is 0 Å². The van der Waals surface area contributed by atoms with Crippen molar-refractivity contribution >= 4 is 5.91 Å². The number of methoxy groups -OCH3 is 1. The first kappa shape index (κ1) is 19.1. The number of nitrogens with one attached hydrogen (secondary N) is 1. The van der Waals surface area contributed by atoms with Gasteiger partial charge in [-0.2, -0.15) is 0 Å². The predicted octanol–water partition coefficient (Wildman–Crippen LogP) is 1.36. The first-order valence-corrected chi connectivity index (χ1v) is 9.67. The summed E-state index contributed by atoms with van der Waals surface area (Å²) in [7, 11) is 1.66. The Morgan fingerprint density at radius 1 is 1.08 bits per heavy atom. The fourth-order valence-electron chi connectivity index (χ4n) is 3.60. The SMILES string of the molecule is COc1ccc(CNC(=O)C2CCN(CCN3CCOCC3)CC2)cc1. The van der Waals surface area contributed by atoms with Crippen LogP contribution in [0.4, 0.5) is 0 Å². The van der Waals surface area contributed by atoms with Gasteiger partial charge in [-0.1, -0.05) is 12.1 Å². The molecule has 3 rings (SSSR count). The van der Waals surface area contributed by atoms with Gasteiger partial charge in [0.25, 0.3) is 0 Å². The molecule has 1 N–H and O–H groups in total. The van der Waals surface area contributed by atoms with Crippen molar-refractivity contribution < 1.29 is 14.3 Å². The molecule has 2 heterocycles. The molecule has 2 saturated heterocycles. The van der Waals surface area contributed by atoms with E-state index in [9.17, 15) is 4.79 Å². The molecule has 0 unspecified atom stereocenters. The third kappa shape index (κ3) is 5.69. The highest BCUT2D eigenvalue weighted by Gasteiger charge is 2.25. The Bertz CT molecular complexity index is 550. The highest BCUT2D eigenvalue weighted by Crippen LogP contribution is 2.18. The zero-order chi connectivity index (χ0) is 18.2. The van der Waals surface area contributed by atoms with Crippen LogP contribution in [-0.4, -0.2) is 75.3 Å². The Morgan fingerprint density at radius 3 is 2.31 bits per heavy atom. The number of amides is 1. The number of ether oxygens (including phenoxy) is 2. The van der Waals surface area contributed by atoms with Crippen LogP contribution < -0.4 is 10.1 Å². The largest absolute Gasteiger partial charge is 0.497 e. The maximum absolute atomic E-state index is 12.4. The number of carbonyl (C=O) groups is 1. The van der Waals surface area contributed by atoms with Crippen molar-refractivity contribution in [3.8, 4) is 5.75 Å². The molecule has 1 aromatic rings. The van der Waals surface area contributed by atoms with Gasteiger partial charge < -0.3 is 19.7 Å². The van der Waals surface area contributed by atoms with Crippen molar-refractivity contribution in [1.29, 1.82) is 0 Å². The molecule has 2 aliphatic rings. The molecule has 0 spiro atoms. The predicted molar refractivity (Wildman–Crippen MR) is 101 cm³/mol. The highest BCUT2D eigenvalue weighted by atomic mass is 16.5. The lowest BCUT2D eigenvalue weighted by atomic mass is 9.96. The van der Waals surface area contributed by atoms with Crippen LogP contribution in [0.2, 0.25) is 0 Å². The molecule has 1 aromatic carbocycles. The lowest BCUT2D eigenvalue weighted by Gasteiger charge is -2.34. The van der Waals surface area contributed by atoms with E-state index in [0.717, 1.165) is 76.6 Å². The average molecular weight is 361 g/mol. The van der Waals surface area contributed by atoms with Crippen molar-refractivity contribution in [2.24, 2.45) is 5.92 Å². The first-order valence-electron chi connectivity index (χ1n) is 9.67. The average Bonchev–Trinajstić information content (AvgIpc) is 2.72. The number of morpholine rings is 1. The number of piperidine rings is 1. The summed E-state index contributed by atoms with van der Waals surface area (Å²) in [5.41, 5.74) is 1.10. The topological polar surface area (TPSA) is 54.0 Å². The van der Waals surface area contributed by atoms with Gasteiger partial charge in [-0.15, -0.1) is 0 Å². The first-order chi connectivity index (χ1) is 12.7. The number of hydrogen-bond donors (Lipinski definition) is 1. The second kappa shape index (κ2) is 9.90. The Balaban J connectivity index is 1.33. The van der Waals surface area contributed by atoms with Gasteiger partial charge in [-0.05, 0) is 43.6 Å². The van der Waals surface area contributed by atoms with E-state index in [-0.39, 0.29) is 11.8 Å². The van der Waals surface area contributed by atoms with Crippen LogP contribution in [0.25, 0.3) is 0 Å². The number of carbonyl (C=O) groups excluding carboxylic acids is 1.